The lowest BCUT2D eigenvalue weighted by molar-refractivity contribution is 0.199. The number of rotatable bonds is 10. The van der Waals surface area contributed by atoms with Crippen LogP contribution in [-0.4, -0.2) is 51.0 Å². The van der Waals surface area contributed by atoms with Crippen molar-refractivity contribution >= 4 is 27.1 Å². The van der Waals surface area contributed by atoms with Crippen LogP contribution < -0.4 is 10.6 Å². The summed E-state index contributed by atoms with van der Waals surface area (Å²) < 4.78 is 24.9. The molecule has 0 radical (unpaired) electrons. The second-order valence-electron chi connectivity index (χ2n) is 8.25. The molecule has 0 aliphatic heterocycles. The van der Waals surface area contributed by atoms with Gasteiger partial charge in [0.05, 0.1) is 11.9 Å². The van der Waals surface area contributed by atoms with Crippen LogP contribution in [0.3, 0.4) is 0 Å². The van der Waals surface area contributed by atoms with E-state index >= 15 is 0 Å². The van der Waals surface area contributed by atoms with Gasteiger partial charge in [-0.25, -0.2) is 8.42 Å². The fourth-order valence-corrected chi connectivity index (χ4v) is 6.54. The van der Waals surface area contributed by atoms with Crippen LogP contribution in [0.4, 0.5) is 0 Å². The van der Waals surface area contributed by atoms with Crippen molar-refractivity contribution in [1.29, 1.82) is 0 Å². The zero-order valence-corrected chi connectivity index (χ0v) is 18.9. The van der Waals surface area contributed by atoms with Crippen LogP contribution in [0.2, 0.25) is 0 Å². The third-order valence-corrected chi connectivity index (χ3v) is 8.43. The zero-order valence-electron chi connectivity index (χ0n) is 17.3. The Balaban J connectivity index is 1.93. The molecule has 1 unspecified atom stereocenters. The van der Waals surface area contributed by atoms with Crippen LogP contribution in [-0.2, 0) is 9.84 Å². The average Bonchev–Trinajstić information content (AvgIpc) is 3.29. The molecule has 1 saturated carbocycles. The van der Waals surface area contributed by atoms with E-state index < -0.39 is 15.9 Å². The molecule has 1 aliphatic carbocycles. The Morgan fingerprint density at radius 3 is 2.61 bits per heavy atom. The van der Waals surface area contributed by atoms with E-state index in [9.17, 15) is 13.5 Å². The number of nitrogens with zero attached hydrogens (tertiary/aromatic N) is 1. The standard InChI is InChI=1S/C20H35N3O3S2/c1-4-21-19(23-15-20(12-16(2)3)9-5-6-10-20)22-13-17(24)14-28(25,26)18-8-7-11-27-18/h7-8,11,16-17,24H,4-6,9-10,12-15H2,1-3H3,(H2,21,22,23). The summed E-state index contributed by atoms with van der Waals surface area (Å²) in [6.07, 6.45) is 5.16. The molecule has 1 aromatic rings. The number of guanidine groups is 1. The van der Waals surface area contributed by atoms with Crippen LogP contribution in [0.15, 0.2) is 26.7 Å². The van der Waals surface area contributed by atoms with Crippen molar-refractivity contribution < 1.29 is 13.5 Å². The van der Waals surface area contributed by atoms with Gasteiger partial charge in [0.1, 0.15) is 4.21 Å². The molecule has 1 fully saturated rings. The first-order chi connectivity index (χ1) is 13.3. The Labute approximate surface area is 173 Å². The lowest BCUT2D eigenvalue weighted by Gasteiger charge is -2.29. The first kappa shape index (κ1) is 23.2. The lowest BCUT2D eigenvalue weighted by Crippen LogP contribution is -2.43. The molecule has 8 heteroatoms. The van der Waals surface area contributed by atoms with Gasteiger partial charge in [0.15, 0.2) is 15.8 Å². The zero-order chi connectivity index (χ0) is 20.6. The van der Waals surface area contributed by atoms with Crippen LogP contribution in [0.5, 0.6) is 0 Å². The highest BCUT2D eigenvalue weighted by atomic mass is 32.2. The number of aliphatic hydroxyl groups excluding tert-OH is 1. The molecule has 6 nitrogen and oxygen atoms in total. The molecule has 0 spiro atoms. The third-order valence-electron chi connectivity index (χ3n) is 5.14. The van der Waals surface area contributed by atoms with Crippen molar-refractivity contribution in [3.63, 3.8) is 0 Å². The summed E-state index contributed by atoms with van der Waals surface area (Å²) in [5, 5.41) is 18.3. The summed E-state index contributed by atoms with van der Waals surface area (Å²) in [4.78, 5) is 4.77. The Morgan fingerprint density at radius 2 is 2.04 bits per heavy atom. The molecule has 1 aromatic heterocycles. The predicted molar refractivity (Wildman–Crippen MR) is 117 cm³/mol. The van der Waals surface area contributed by atoms with Crippen molar-refractivity contribution in [3.8, 4) is 0 Å². The van der Waals surface area contributed by atoms with Gasteiger partial charge in [0.2, 0.25) is 0 Å². The Kier molecular flexibility index (Phi) is 8.77. The summed E-state index contributed by atoms with van der Waals surface area (Å²) in [6.45, 7) is 8.15. The second-order valence-corrected chi connectivity index (χ2v) is 11.5. The van der Waals surface area contributed by atoms with Crippen LogP contribution in [0.25, 0.3) is 0 Å². The molecular weight excluding hydrogens is 394 g/mol. The molecule has 3 N–H and O–H groups in total. The van der Waals surface area contributed by atoms with Crippen LogP contribution in [0.1, 0.15) is 52.9 Å². The van der Waals surface area contributed by atoms with E-state index in [0.29, 0.717) is 22.6 Å². The lowest BCUT2D eigenvalue weighted by atomic mass is 9.78. The van der Waals surface area contributed by atoms with Crippen molar-refractivity contribution in [2.75, 3.05) is 25.4 Å². The molecule has 1 heterocycles. The largest absolute Gasteiger partial charge is 0.390 e. The fraction of sp³-hybridized carbons (Fsp3) is 0.750. The normalized spacial score (nSPS) is 18.4. The molecular formula is C20H35N3O3S2. The summed E-state index contributed by atoms with van der Waals surface area (Å²) in [6, 6.07) is 3.27. The molecule has 1 atom stereocenters. The van der Waals surface area contributed by atoms with E-state index in [2.05, 4.69) is 24.5 Å². The van der Waals surface area contributed by atoms with Crippen LogP contribution in [0, 0.1) is 11.3 Å². The van der Waals surface area contributed by atoms with E-state index in [1.807, 2.05) is 6.92 Å². The number of aliphatic imine (C=N–C) groups is 1. The van der Waals surface area contributed by atoms with E-state index in [0.717, 1.165) is 6.54 Å². The van der Waals surface area contributed by atoms with Gasteiger partial charge in [-0.3, -0.25) is 4.99 Å². The van der Waals surface area contributed by atoms with Crippen molar-refractivity contribution in [2.45, 2.75) is 63.2 Å². The predicted octanol–water partition coefficient (Wildman–Crippen LogP) is 3.04. The maximum Gasteiger partial charge on any atom is 0.191 e. The van der Waals surface area contributed by atoms with Gasteiger partial charge in [0, 0.05) is 19.6 Å². The maximum absolute atomic E-state index is 12.3. The number of thiophene rings is 1. The summed E-state index contributed by atoms with van der Waals surface area (Å²) in [5.74, 6) is 0.996. The molecule has 0 amide bonds. The van der Waals surface area contributed by atoms with Gasteiger partial charge in [-0.15, -0.1) is 11.3 Å². The Bertz CT molecular complexity index is 709. The summed E-state index contributed by atoms with van der Waals surface area (Å²) in [5.41, 5.74) is 0.275. The minimum Gasteiger partial charge on any atom is -0.390 e. The minimum atomic E-state index is -3.46. The maximum atomic E-state index is 12.3. The number of hydrogen-bond donors (Lipinski definition) is 3. The van der Waals surface area contributed by atoms with E-state index in [1.54, 1.807) is 17.5 Å². The van der Waals surface area contributed by atoms with Gasteiger partial charge in [-0.2, -0.15) is 0 Å². The number of nitrogens with one attached hydrogen (secondary N) is 2. The SMILES string of the molecule is CCNC(=NCC1(CC(C)C)CCCC1)NCC(O)CS(=O)(=O)c1cccs1. The monoisotopic (exact) mass is 429 g/mol. The Morgan fingerprint density at radius 1 is 1.32 bits per heavy atom. The minimum absolute atomic E-state index is 0.146. The van der Waals surface area contributed by atoms with Gasteiger partial charge in [-0.1, -0.05) is 32.8 Å². The van der Waals surface area contributed by atoms with E-state index in [4.69, 9.17) is 4.99 Å². The molecule has 160 valence electrons. The molecule has 0 saturated heterocycles. The Hall–Kier alpha value is -1.12. The smallest absolute Gasteiger partial charge is 0.191 e. The fourth-order valence-electron chi connectivity index (χ4n) is 4.06. The molecule has 28 heavy (non-hydrogen) atoms. The van der Waals surface area contributed by atoms with Gasteiger partial charge in [-0.05, 0) is 49.0 Å². The molecule has 1 aliphatic rings. The van der Waals surface area contributed by atoms with Gasteiger partial charge < -0.3 is 15.7 Å². The van der Waals surface area contributed by atoms with Crippen molar-refractivity contribution in [3.05, 3.63) is 17.5 Å². The number of sulfone groups is 1. The van der Waals surface area contributed by atoms with Crippen LogP contribution >= 0.6 is 11.3 Å². The van der Waals surface area contributed by atoms with E-state index in [1.165, 1.54) is 43.4 Å². The van der Waals surface area contributed by atoms with E-state index in [-0.39, 0.29) is 17.7 Å². The first-order valence-electron chi connectivity index (χ1n) is 10.2. The summed E-state index contributed by atoms with van der Waals surface area (Å²) >= 11 is 1.18. The highest BCUT2D eigenvalue weighted by Crippen LogP contribution is 2.43. The highest BCUT2D eigenvalue weighted by Gasteiger charge is 2.34. The highest BCUT2D eigenvalue weighted by molar-refractivity contribution is 7.93. The number of aliphatic hydroxyl groups is 1. The molecule has 0 aromatic carbocycles. The summed E-state index contributed by atoms with van der Waals surface area (Å²) in [7, 11) is -3.46. The quantitative estimate of drug-likeness (QED) is 0.393. The topological polar surface area (TPSA) is 90.8 Å². The van der Waals surface area contributed by atoms with Gasteiger partial charge >= 0.3 is 0 Å². The van der Waals surface area contributed by atoms with Crippen molar-refractivity contribution in [1.82, 2.24) is 10.6 Å². The molecule has 2 rings (SSSR count). The number of hydrogen-bond acceptors (Lipinski definition) is 5. The molecule has 0 bridgehead atoms. The second kappa shape index (κ2) is 10.6. The first-order valence-corrected chi connectivity index (χ1v) is 12.8. The average molecular weight is 430 g/mol. The van der Waals surface area contributed by atoms with Crippen molar-refractivity contribution in [2.24, 2.45) is 16.3 Å². The third kappa shape index (κ3) is 7.04. The van der Waals surface area contributed by atoms with Gasteiger partial charge in [0.25, 0.3) is 0 Å².